The van der Waals surface area contributed by atoms with Crippen molar-refractivity contribution in [2.75, 3.05) is 19.7 Å². The maximum absolute atomic E-state index is 11.7. The molecule has 0 unspecified atom stereocenters. The van der Waals surface area contributed by atoms with Gasteiger partial charge in [0.2, 0.25) is 5.16 Å². The summed E-state index contributed by atoms with van der Waals surface area (Å²) >= 11 is 0. The van der Waals surface area contributed by atoms with Gasteiger partial charge >= 0.3 is 0 Å². The third kappa shape index (κ3) is 1.43. The molecular weight excluding hydrogens is 206 g/mol. The van der Waals surface area contributed by atoms with Crippen molar-refractivity contribution in [2.24, 2.45) is 5.92 Å². The van der Waals surface area contributed by atoms with Gasteiger partial charge in [0.05, 0.1) is 0 Å². The van der Waals surface area contributed by atoms with Gasteiger partial charge in [0.25, 0.3) is 10.0 Å². The van der Waals surface area contributed by atoms with Gasteiger partial charge in [-0.15, -0.1) is 0 Å². The standard InChI is InChI=1S/C7H11N3O3S/c11-5-6-3-10(4-6)14(12,13)7-8-1-2-9-7/h1-2,6,11H,3-5H2,(H,8,9). The topological polar surface area (TPSA) is 86.3 Å². The predicted octanol–water partition coefficient (Wildman–Crippen LogP) is -0.978. The number of nitrogens with zero attached hydrogens (tertiary/aromatic N) is 2. The Bertz CT molecular complexity index is 394. The van der Waals surface area contributed by atoms with Gasteiger partial charge in [0.15, 0.2) is 0 Å². The van der Waals surface area contributed by atoms with Crippen molar-refractivity contribution in [2.45, 2.75) is 5.16 Å². The Morgan fingerprint density at radius 1 is 1.64 bits per heavy atom. The number of H-pyrrole nitrogens is 1. The number of aliphatic hydroxyl groups is 1. The summed E-state index contributed by atoms with van der Waals surface area (Å²) < 4.78 is 24.7. The maximum atomic E-state index is 11.7. The van der Waals surface area contributed by atoms with E-state index in [0.29, 0.717) is 13.1 Å². The summed E-state index contributed by atoms with van der Waals surface area (Å²) in [6.45, 7) is 0.781. The van der Waals surface area contributed by atoms with E-state index in [0.717, 1.165) is 0 Å². The van der Waals surface area contributed by atoms with Crippen molar-refractivity contribution in [3.63, 3.8) is 0 Å². The summed E-state index contributed by atoms with van der Waals surface area (Å²) in [5.41, 5.74) is 0. The second kappa shape index (κ2) is 3.34. The molecule has 2 heterocycles. The molecule has 0 bridgehead atoms. The van der Waals surface area contributed by atoms with E-state index < -0.39 is 10.0 Å². The van der Waals surface area contributed by atoms with Crippen LogP contribution >= 0.6 is 0 Å². The van der Waals surface area contributed by atoms with Crippen molar-refractivity contribution in [1.82, 2.24) is 14.3 Å². The summed E-state index contributed by atoms with van der Waals surface area (Å²) in [4.78, 5) is 6.25. The van der Waals surface area contributed by atoms with Gasteiger partial charge in [0, 0.05) is 38.0 Å². The Morgan fingerprint density at radius 2 is 2.36 bits per heavy atom. The van der Waals surface area contributed by atoms with Crippen LogP contribution in [0.4, 0.5) is 0 Å². The summed E-state index contributed by atoms with van der Waals surface area (Å²) in [5, 5.41) is 8.72. The van der Waals surface area contributed by atoms with Crippen molar-refractivity contribution < 1.29 is 13.5 Å². The van der Waals surface area contributed by atoms with Gasteiger partial charge in [-0.1, -0.05) is 0 Å². The molecule has 1 saturated heterocycles. The molecule has 0 radical (unpaired) electrons. The lowest BCUT2D eigenvalue weighted by molar-refractivity contribution is 0.117. The van der Waals surface area contributed by atoms with Crippen LogP contribution in [0.25, 0.3) is 0 Å². The predicted molar refractivity (Wildman–Crippen MR) is 47.9 cm³/mol. The quantitative estimate of drug-likeness (QED) is 0.681. The lowest BCUT2D eigenvalue weighted by Crippen LogP contribution is -2.51. The Morgan fingerprint density at radius 3 is 2.86 bits per heavy atom. The fourth-order valence-electron chi connectivity index (χ4n) is 1.35. The van der Waals surface area contributed by atoms with E-state index in [1.165, 1.54) is 16.7 Å². The van der Waals surface area contributed by atoms with Crippen LogP contribution in [0.2, 0.25) is 0 Å². The van der Waals surface area contributed by atoms with Gasteiger partial charge in [-0.2, -0.15) is 4.31 Å². The molecule has 1 aromatic heterocycles. The zero-order valence-corrected chi connectivity index (χ0v) is 8.24. The van der Waals surface area contributed by atoms with Crippen molar-refractivity contribution in [1.29, 1.82) is 0 Å². The van der Waals surface area contributed by atoms with Crippen molar-refractivity contribution in [3.05, 3.63) is 12.4 Å². The van der Waals surface area contributed by atoms with E-state index in [-0.39, 0.29) is 17.7 Å². The van der Waals surface area contributed by atoms with Gasteiger partial charge in [-0.05, 0) is 0 Å². The summed E-state index contributed by atoms with van der Waals surface area (Å²) in [7, 11) is -3.45. The molecule has 2 N–H and O–H groups in total. The van der Waals surface area contributed by atoms with Gasteiger partial charge in [-0.25, -0.2) is 13.4 Å². The van der Waals surface area contributed by atoms with Gasteiger partial charge in [-0.3, -0.25) is 0 Å². The van der Waals surface area contributed by atoms with Crippen molar-refractivity contribution >= 4 is 10.0 Å². The van der Waals surface area contributed by atoms with E-state index >= 15 is 0 Å². The molecule has 14 heavy (non-hydrogen) atoms. The fourth-order valence-corrected chi connectivity index (χ4v) is 2.82. The average Bonchev–Trinajstić information content (AvgIpc) is 2.53. The Kier molecular flexibility index (Phi) is 2.30. The number of imidazole rings is 1. The highest BCUT2D eigenvalue weighted by atomic mass is 32.2. The Hall–Kier alpha value is -0.920. The van der Waals surface area contributed by atoms with E-state index in [1.807, 2.05) is 0 Å². The van der Waals surface area contributed by atoms with E-state index in [2.05, 4.69) is 9.97 Å². The highest BCUT2D eigenvalue weighted by Crippen LogP contribution is 2.22. The summed E-state index contributed by atoms with van der Waals surface area (Å²) in [5.74, 6) is 0.0692. The van der Waals surface area contributed by atoms with Crippen molar-refractivity contribution in [3.8, 4) is 0 Å². The van der Waals surface area contributed by atoms with Crippen LogP contribution < -0.4 is 0 Å². The lowest BCUT2D eigenvalue weighted by Gasteiger charge is -2.36. The van der Waals surface area contributed by atoms with Crippen LogP contribution in [0.5, 0.6) is 0 Å². The zero-order chi connectivity index (χ0) is 10.2. The highest BCUT2D eigenvalue weighted by Gasteiger charge is 2.37. The number of hydrogen-bond acceptors (Lipinski definition) is 4. The molecule has 0 spiro atoms. The first kappa shape index (κ1) is 9.63. The first-order valence-electron chi connectivity index (χ1n) is 4.25. The lowest BCUT2D eigenvalue weighted by atomic mass is 10.1. The molecule has 78 valence electrons. The first-order chi connectivity index (χ1) is 6.64. The van der Waals surface area contributed by atoms with Gasteiger partial charge < -0.3 is 10.1 Å². The molecule has 1 aliphatic rings. The monoisotopic (exact) mass is 217 g/mol. The Balaban J connectivity index is 2.12. The third-order valence-electron chi connectivity index (χ3n) is 2.24. The maximum Gasteiger partial charge on any atom is 0.276 e. The molecule has 0 atom stereocenters. The minimum absolute atomic E-state index is 0.0319. The van der Waals surface area contributed by atoms with Crippen LogP contribution in [0, 0.1) is 5.92 Å². The van der Waals surface area contributed by atoms with Crippen LogP contribution in [-0.2, 0) is 10.0 Å². The van der Waals surface area contributed by atoms with Crippen LogP contribution in [0.1, 0.15) is 0 Å². The first-order valence-corrected chi connectivity index (χ1v) is 5.69. The number of rotatable bonds is 3. The summed E-state index contributed by atoms with van der Waals surface area (Å²) in [6.07, 6.45) is 2.87. The zero-order valence-electron chi connectivity index (χ0n) is 7.42. The molecule has 6 nitrogen and oxygen atoms in total. The number of aromatic amines is 1. The molecule has 1 fully saturated rings. The second-order valence-corrected chi connectivity index (χ2v) is 5.12. The SMILES string of the molecule is O=S(=O)(c1ncc[nH]1)N1CC(CO)C1. The molecule has 2 rings (SSSR count). The molecule has 0 aliphatic carbocycles. The smallest absolute Gasteiger partial charge is 0.276 e. The van der Waals surface area contributed by atoms with Crippen LogP contribution in [-0.4, -0.2) is 47.5 Å². The molecule has 0 amide bonds. The largest absolute Gasteiger partial charge is 0.396 e. The Labute approximate surface area is 81.6 Å². The van der Waals surface area contributed by atoms with E-state index in [1.54, 1.807) is 0 Å². The molecular formula is C7H11N3O3S. The van der Waals surface area contributed by atoms with E-state index in [4.69, 9.17) is 5.11 Å². The number of nitrogens with one attached hydrogen (secondary N) is 1. The van der Waals surface area contributed by atoms with E-state index in [9.17, 15) is 8.42 Å². The normalized spacial score (nSPS) is 19.5. The second-order valence-electron chi connectivity index (χ2n) is 3.26. The van der Waals surface area contributed by atoms with Crippen LogP contribution in [0.15, 0.2) is 17.6 Å². The number of aromatic nitrogens is 2. The fraction of sp³-hybridized carbons (Fsp3) is 0.571. The molecule has 7 heteroatoms. The molecule has 1 aromatic rings. The van der Waals surface area contributed by atoms with Gasteiger partial charge in [0.1, 0.15) is 0 Å². The third-order valence-corrected chi connectivity index (χ3v) is 3.93. The molecule has 0 aromatic carbocycles. The summed E-state index contributed by atoms with van der Waals surface area (Å²) in [6, 6.07) is 0. The average molecular weight is 217 g/mol. The minimum atomic E-state index is -3.45. The number of aliphatic hydroxyl groups excluding tert-OH is 1. The highest BCUT2D eigenvalue weighted by molar-refractivity contribution is 7.89. The minimum Gasteiger partial charge on any atom is -0.396 e. The number of sulfonamides is 1. The molecule has 0 saturated carbocycles. The number of hydrogen-bond donors (Lipinski definition) is 2. The molecule has 1 aliphatic heterocycles. The van der Waals surface area contributed by atoms with Crippen LogP contribution in [0.3, 0.4) is 0 Å².